The Balaban J connectivity index is 1.97. The Morgan fingerprint density at radius 2 is 1.95 bits per heavy atom. The van der Waals surface area contributed by atoms with Crippen LogP contribution in [0.5, 0.6) is 0 Å². The monoisotopic (exact) mass is 327 g/mol. The average molecular weight is 328 g/mol. The lowest BCUT2D eigenvalue weighted by Gasteiger charge is -2.01. The van der Waals surface area contributed by atoms with E-state index in [1.807, 2.05) is 66.3 Å². The lowest BCUT2D eigenvalue weighted by molar-refractivity contribution is 0.0994. The molecule has 0 aliphatic heterocycles. The number of hydrogen-bond acceptors (Lipinski definition) is 1. The summed E-state index contributed by atoms with van der Waals surface area (Å²) in [7, 11) is 1.97. The van der Waals surface area contributed by atoms with E-state index >= 15 is 0 Å². The van der Waals surface area contributed by atoms with Crippen LogP contribution in [0.4, 0.5) is 0 Å². The first kappa shape index (κ1) is 13.1. The second-order valence-electron chi connectivity index (χ2n) is 4.90. The maximum Gasteiger partial charge on any atom is 0.169 e. The molecule has 0 spiro atoms. The molecule has 0 aliphatic rings. The molecule has 1 aromatic heterocycles. The third-order valence-electron chi connectivity index (χ3n) is 3.45. The van der Waals surface area contributed by atoms with Gasteiger partial charge < -0.3 is 4.57 Å². The van der Waals surface area contributed by atoms with Crippen LogP contribution in [0.3, 0.4) is 0 Å². The van der Waals surface area contributed by atoms with Crippen molar-refractivity contribution >= 4 is 32.6 Å². The Morgan fingerprint density at radius 3 is 2.75 bits per heavy atom. The van der Waals surface area contributed by atoms with Gasteiger partial charge in [-0.05, 0) is 23.8 Å². The summed E-state index contributed by atoms with van der Waals surface area (Å²) in [4.78, 5) is 12.5. The highest BCUT2D eigenvalue weighted by molar-refractivity contribution is 9.10. The van der Waals surface area contributed by atoms with Gasteiger partial charge in [0.05, 0.1) is 0 Å². The van der Waals surface area contributed by atoms with Crippen molar-refractivity contribution in [1.29, 1.82) is 0 Å². The van der Waals surface area contributed by atoms with Gasteiger partial charge in [-0.3, -0.25) is 4.79 Å². The van der Waals surface area contributed by atoms with Gasteiger partial charge in [-0.25, -0.2) is 0 Å². The number of halogens is 1. The van der Waals surface area contributed by atoms with Crippen molar-refractivity contribution in [1.82, 2.24) is 4.57 Å². The van der Waals surface area contributed by atoms with Gasteiger partial charge in [0.15, 0.2) is 5.78 Å². The number of carbonyl (C=O) groups is 1. The summed E-state index contributed by atoms with van der Waals surface area (Å²) in [6, 6.07) is 15.9. The lowest BCUT2D eigenvalue weighted by Crippen LogP contribution is -2.02. The molecule has 0 radical (unpaired) electrons. The molecule has 3 aromatic rings. The summed E-state index contributed by atoms with van der Waals surface area (Å²) < 4.78 is 3.00. The molecule has 0 N–H and O–H groups in total. The molecule has 2 nitrogen and oxygen atoms in total. The van der Waals surface area contributed by atoms with E-state index in [1.54, 1.807) is 0 Å². The molecule has 0 aliphatic carbocycles. The number of carbonyl (C=O) groups excluding carboxylic acids is 1. The van der Waals surface area contributed by atoms with Crippen molar-refractivity contribution in [3.63, 3.8) is 0 Å². The number of rotatable bonds is 3. The zero-order chi connectivity index (χ0) is 14.1. The van der Waals surface area contributed by atoms with Crippen LogP contribution in [-0.4, -0.2) is 10.4 Å². The predicted molar refractivity (Wildman–Crippen MR) is 85.1 cm³/mol. The topological polar surface area (TPSA) is 22.0 Å². The Labute approximate surface area is 126 Å². The summed E-state index contributed by atoms with van der Waals surface area (Å²) in [5, 5.41) is 1.02. The number of Topliss-reactive ketones (excluding diaryl/α,β-unsaturated/α-hetero) is 1. The largest absolute Gasteiger partial charge is 0.350 e. The van der Waals surface area contributed by atoms with Gasteiger partial charge >= 0.3 is 0 Å². The first-order chi connectivity index (χ1) is 9.65. The van der Waals surface area contributed by atoms with Crippen molar-refractivity contribution in [2.75, 3.05) is 0 Å². The van der Waals surface area contributed by atoms with Crippen molar-refractivity contribution in [2.24, 2.45) is 7.05 Å². The molecule has 0 unspecified atom stereocenters. The Kier molecular flexibility index (Phi) is 3.45. The first-order valence-corrected chi connectivity index (χ1v) is 7.26. The molecular formula is C17H14BrNO. The first-order valence-electron chi connectivity index (χ1n) is 6.47. The average Bonchev–Trinajstić information content (AvgIpc) is 2.77. The second kappa shape index (κ2) is 5.25. The number of aryl methyl sites for hydroxylation is 1. The number of para-hydroxylation sites is 1. The minimum atomic E-state index is 0.153. The third kappa shape index (κ3) is 2.41. The smallest absolute Gasteiger partial charge is 0.169 e. The second-order valence-corrected chi connectivity index (χ2v) is 5.82. The molecule has 3 rings (SSSR count). The van der Waals surface area contributed by atoms with Crippen LogP contribution in [0.1, 0.15) is 15.9 Å². The van der Waals surface area contributed by atoms with Crippen LogP contribution in [0, 0.1) is 0 Å². The maximum atomic E-state index is 12.5. The molecule has 0 amide bonds. The number of nitrogens with zero attached hydrogens (tertiary/aromatic N) is 1. The summed E-state index contributed by atoms with van der Waals surface area (Å²) >= 11 is 3.44. The normalized spacial score (nSPS) is 10.9. The predicted octanol–water partition coefficient (Wildman–Crippen LogP) is 4.37. The van der Waals surface area contributed by atoms with Crippen molar-refractivity contribution < 1.29 is 4.79 Å². The standard InChI is InChI=1S/C17H14BrNO/c1-19-11-15(14-7-2-3-8-16(14)19)17(20)10-12-5-4-6-13(18)9-12/h2-9,11H,10H2,1H3. The van der Waals surface area contributed by atoms with Gasteiger partial charge in [-0.2, -0.15) is 0 Å². The highest BCUT2D eigenvalue weighted by atomic mass is 79.9. The number of aromatic nitrogens is 1. The Hall–Kier alpha value is -1.87. The van der Waals surface area contributed by atoms with Crippen LogP contribution in [0.25, 0.3) is 10.9 Å². The quantitative estimate of drug-likeness (QED) is 0.655. The zero-order valence-corrected chi connectivity index (χ0v) is 12.7. The summed E-state index contributed by atoms with van der Waals surface area (Å²) in [6.45, 7) is 0. The molecule has 3 heteroatoms. The van der Waals surface area contributed by atoms with Gasteiger partial charge in [0.1, 0.15) is 0 Å². The molecular weight excluding hydrogens is 314 g/mol. The van der Waals surface area contributed by atoms with Crippen LogP contribution >= 0.6 is 15.9 Å². The number of hydrogen-bond donors (Lipinski definition) is 0. The zero-order valence-electron chi connectivity index (χ0n) is 11.1. The van der Waals surface area contributed by atoms with E-state index in [0.29, 0.717) is 6.42 Å². The molecule has 20 heavy (non-hydrogen) atoms. The number of ketones is 1. The molecule has 0 fully saturated rings. The third-order valence-corrected chi connectivity index (χ3v) is 3.94. The van der Waals surface area contributed by atoms with E-state index < -0.39 is 0 Å². The van der Waals surface area contributed by atoms with Crippen LogP contribution in [0.2, 0.25) is 0 Å². The van der Waals surface area contributed by atoms with Gasteiger partial charge in [-0.15, -0.1) is 0 Å². The van der Waals surface area contributed by atoms with E-state index in [2.05, 4.69) is 15.9 Å². The van der Waals surface area contributed by atoms with Gasteiger partial charge in [0, 0.05) is 40.6 Å². The molecule has 0 atom stereocenters. The fraction of sp³-hybridized carbons (Fsp3) is 0.118. The maximum absolute atomic E-state index is 12.5. The fourth-order valence-electron chi connectivity index (χ4n) is 2.49. The molecule has 0 saturated carbocycles. The van der Waals surface area contributed by atoms with Crippen molar-refractivity contribution in [2.45, 2.75) is 6.42 Å². The molecule has 100 valence electrons. The molecule has 0 bridgehead atoms. The fourth-order valence-corrected chi connectivity index (χ4v) is 2.94. The summed E-state index contributed by atoms with van der Waals surface area (Å²) in [5.41, 5.74) is 2.91. The van der Waals surface area contributed by atoms with Crippen LogP contribution < -0.4 is 0 Å². The molecule has 1 heterocycles. The van der Waals surface area contributed by atoms with Gasteiger partial charge in [-0.1, -0.05) is 46.3 Å². The van der Waals surface area contributed by atoms with Gasteiger partial charge in [0.25, 0.3) is 0 Å². The summed E-state index contributed by atoms with van der Waals surface area (Å²) in [5.74, 6) is 0.153. The Bertz CT molecular complexity index is 789. The van der Waals surface area contributed by atoms with Crippen molar-refractivity contribution in [3.8, 4) is 0 Å². The number of fused-ring (bicyclic) bond motifs is 1. The minimum Gasteiger partial charge on any atom is -0.350 e. The van der Waals surface area contributed by atoms with E-state index in [-0.39, 0.29) is 5.78 Å². The lowest BCUT2D eigenvalue weighted by atomic mass is 10.0. The highest BCUT2D eigenvalue weighted by Gasteiger charge is 2.14. The number of benzene rings is 2. The highest BCUT2D eigenvalue weighted by Crippen LogP contribution is 2.22. The molecule has 0 saturated heterocycles. The van der Waals surface area contributed by atoms with E-state index in [4.69, 9.17) is 0 Å². The van der Waals surface area contributed by atoms with E-state index in [1.165, 1.54) is 0 Å². The van der Waals surface area contributed by atoms with Crippen molar-refractivity contribution in [3.05, 3.63) is 70.3 Å². The van der Waals surface area contributed by atoms with Crippen LogP contribution in [-0.2, 0) is 13.5 Å². The van der Waals surface area contributed by atoms with E-state index in [9.17, 15) is 4.79 Å². The Morgan fingerprint density at radius 1 is 1.15 bits per heavy atom. The van der Waals surface area contributed by atoms with Gasteiger partial charge in [0.2, 0.25) is 0 Å². The van der Waals surface area contributed by atoms with Crippen LogP contribution in [0.15, 0.2) is 59.2 Å². The molecule has 2 aromatic carbocycles. The summed E-state index contributed by atoms with van der Waals surface area (Å²) in [6.07, 6.45) is 2.35. The SMILES string of the molecule is Cn1cc(C(=O)Cc2cccc(Br)c2)c2ccccc21. The van der Waals surface area contributed by atoms with E-state index in [0.717, 1.165) is 26.5 Å². The minimum absolute atomic E-state index is 0.153.